The van der Waals surface area contributed by atoms with E-state index in [9.17, 15) is 9.59 Å². The molecular weight excluding hydrogens is 342 g/mol. The van der Waals surface area contributed by atoms with Gasteiger partial charge in [0.25, 0.3) is 5.91 Å². The first kappa shape index (κ1) is 17.5. The van der Waals surface area contributed by atoms with Crippen LogP contribution in [0.3, 0.4) is 0 Å². The molecule has 1 spiro atoms. The standard InChI is InChI=1S/C21H23N3O3/c1-15(25)22-17-8-6-16(7-9-17)14-24-12-10-21(11-13-24)23-20(26)18-4-2-3-5-19(18)27-21/h2-9H,10-14H2,1H3,(H,22,25)(H,23,26). The number of nitrogens with one attached hydrogen (secondary N) is 2. The molecule has 6 heteroatoms. The molecule has 1 fully saturated rings. The van der Waals surface area contributed by atoms with Crippen LogP contribution in [0.5, 0.6) is 5.75 Å². The Labute approximate surface area is 158 Å². The fourth-order valence-corrected chi connectivity index (χ4v) is 3.71. The lowest BCUT2D eigenvalue weighted by Crippen LogP contribution is -2.60. The molecule has 0 aliphatic carbocycles. The molecule has 0 aromatic heterocycles. The van der Waals surface area contributed by atoms with Gasteiger partial charge in [0.15, 0.2) is 5.72 Å². The Balaban J connectivity index is 1.37. The molecule has 0 unspecified atom stereocenters. The Morgan fingerprint density at radius 3 is 2.56 bits per heavy atom. The summed E-state index contributed by atoms with van der Waals surface area (Å²) in [6, 6.07) is 15.3. The number of para-hydroxylation sites is 1. The van der Waals surface area contributed by atoms with Crippen LogP contribution in [-0.2, 0) is 11.3 Å². The van der Waals surface area contributed by atoms with E-state index in [1.807, 2.05) is 42.5 Å². The van der Waals surface area contributed by atoms with Crippen molar-refractivity contribution in [1.29, 1.82) is 0 Å². The van der Waals surface area contributed by atoms with Crippen molar-refractivity contribution in [2.24, 2.45) is 0 Å². The highest BCUT2D eigenvalue weighted by Crippen LogP contribution is 2.33. The number of ether oxygens (including phenoxy) is 1. The summed E-state index contributed by atoms with van der Waals surface area (Å²) in [5.41, 5.74) is 2.00. The molecule has 1 saturated heterocycles. The number of likely N-dealkylation sites (tertiary alicyclic amines) is 1. The highest BCUT2D eigenvalue weighted by atomic mass is 16.5. The summed E-state index contributed by atoms with van der Waals surface area (Å²) in [5, 5.41) is 5.85. The third kappa shape index (κ3) is 3.80. The number of carbonyl (C=O) groups excluding carboxylic acids is 2. The predicted molar refractivity (Wildman–Crippen MR) is 103 cm³/mol. The molecule has 2 N–H and O–H groups in total. The van der Waals surface area contributed by atoms with Crippen molar-refractivity contribution in [2.45, 2.75) is 32.0 Å². The molecular formula is C21H23N3O3. The van der Waals surface area contributed by atoms with Gasteiger partial charge in [0.05, 0.1) is 5.56 Å². The van der Waals surface area contributed by atoms with Crippen molar-refractivity contribution in [2.75, 3.05) is 18.4 Å². The molecule has 4 rings (SSSR count). The fraction of sp³-hybridized carbons (Fsp3) is 0.333. The molecule has 2 aromatic rings. The summed E-state index contributed by atoms with van der Waals surface area (Å²) in [6.07, 6.45) is 1.49. The molecule has 27 heavy (non-hydrogen) atoms. The van der Waals surface area contributed by atoms with Crippen LogP contribution in [0.15, 0.2) is 48.5 Å². The normalized spacial score (nSPS) is 18.3. The minimum atomic E-state index is -0.600. The third-order valence-corrected chi connectivity index (χ3v) is 5.12. The Bertz CT molecular complexity index is 855. The number of hydrogen-bond donors (Lipinski definition) is 2. The molecule has 0 radical (unpaired) electrons. The van der Waals surface area contributed by atoms with E-state index in [1.54, 1.807) is 6.07 Å². The summed E-state index contributed by atoms with van der Waals surface area (Å²) in [6.45, 7) is 4.02. The third-order valence-electron chi connectivity index (χ3n) is 5.12. The first-order valence-corrected chi connectivity index (χ1v) is 9.22. The second-order valence-electron chi connectivity index (χ2n) is 7.20. The number of carbonyl (C=O) groups is 2. The average molecular weight is 365 g/mol. The maximum absolute atomic E-state index is 12.4. The van der Waals surface area contributed by atoms with Crippen LogP contribution in [0.2, 0.25) is 0 Å². The van der Waals surface area contributed by atoms with E-state index in [4.69, 9.17) is 4.74 Å². The van der Waals surface area contributed by atoms with Crippen molar-refractivity contribution in [3.8, 4) is 5.75 Å². The smallest absolute Gasteiger partial charge is 0.258 e. The number of amides is 2. The summed E-state index contributed by atoms with van der Waals surface area (Å²) in [7, 11) is 0. The topological polar surface area (TPSA) is 70.7 Å². The zero-order chi connectivity index (χ0) is 18.9. The zero-order valence-electron chi connectivity index (χ0n) is 15.3. The first-order chi connectivity index (χ1) is 13.0. The van der Waals surface area contributed by atoms with Gasteiger partial charge in [-0.15, -0.1) is 0 Å². The molecule has 0 atom stereocenters. The van der Waals surface area contributed by atoms with Crippen LogP contribution in [-0.4, -0.2) is 35.5 Å². The monoisotopic (exact) mass is 365 g/mol. The number of anilines is 1. The van der Waals surface area contributed by atoms with Crippen LogP contribution in [0.25, 0.3) is 0 Å². The summed E-state index contributed by atoms with van der Waals surface area (Å²) < 4.78 is 6.18. The second-order valence-corrected chi connectivity index (χ2v) is 7.20. The number of nitrogens with zero attached hydrogens (tertiary/aromatic N) is 1. The molecule has 0 bridgehead atoms. The number of piperidine rings is 1. The Morgan fingerprint density at radius 2 is 1.85 bits per heavy atom. The van der Waals surface area contributed by atoms with Crippen LogP contribution in [0, 0.1) is 0 Å². The quantitative estimate of drug-likeness (QED) is 0.877. The van der Waals surface area contributed by atoms with E-state index in [2.05, 4.69) is 15.5 Å². The van der Waals surface area contributed by atoms with Gasteiger partial charge in [-0.3, -0.25) is 14.5 Å². The maximum Gasteiger partial charge on any atom is 0.258 e. The summed E-state index contributed by atoms with van der Waals surface area (Å²) in [4.78, 5) is 25.9. The minimum Gasteiger partial charge on any atom is -0.467 e. The lowest BCUT2D eigenvalue weighted by atomic mass is 9.96. The van der Waals surface area contributed by atoms with Gasteiger partial charge in [-0.05, 0) is 29.8 Å². The highest BCUT2D eigenvalue weighted by molar-refractivity contribution is 5.98. The average Bonchev–Trinajstić information content (AvgIpc) is 2.65. The van der Waals surface area contributed by atoms with Crippen LogP contribution >= 0.6 is 0 Å². The number of benzene rings is 2. The van der Waals surface area contributed by atoms with Gasteiger partial charge >= 0.3 is 0 Å². The molecule has 140 valence electrons. The minimum absolute atomic E-state index is 0.0566. The molecule has 0 saturated carbocycles. The maximum atomic E-state index is 12.4. The molecule has 2 aromatic carbocycles. The highest BCUT2D eigenvalue weighted by Gasteiger charge is 2.42. The van der Waals surface area contributed by atoms with Gasteiger partial charge < -0.3 is 15.4 Å². The molecule has 2 aliphatic heterocycles. The summed E-state index contributed by atoms with van der Waals surface area (Å²) in [5.74, 6) is 0.544. The lowest BCUT2D eigenvalue weighted by molar-refractivity contribution is -0.114. The van der Waals surface area contributed by atoms with Gasteiger partial charge in [-0.25, -0.2) is 0 Å². The number of fused-ring (bicyclic) bond motifs is 1. The Kier molecular flexibility index (Phi) is 4.58. The van der Waals surface area contributed by atoms with Crippen LogP contribution < -0.4 is 15.4 Å². The molecule has 2 amide bonds. The van der Waals surface area contributed by atoms with Crippen molar-refractivity contribution < 1.29 is 14.3 Å². The van der Waals surface area contributed by atoms with Gasteiger partial charge in [-0.1, -0.05) is 24.3 Å². The van der Waals surface area contributed by atoms with Crippen molar-refractivity contribution in [1.82, 2.24) is 10.2 Å². The van der Waals surface area contributed by atoms with Crippen LogP contribution in [0.1, 0.15) is 35.7 Å². The van der Waals surface area contributed by atoms with Crippen molar-refractivity contribution >= 4 is 17.5 Å². The Morgan fingerprint density at radius 1 is 1.15 bits per heavy atom. The second kappa shape index (κ2) is 7.04. The number of hydrogen-bond acceptors (Lipinski definition) is 4. The summed E-state index contributed by atoms with van der Waals surface area (Å²) >= 11 is 0. The molecule has 2 aliphatic rings. The van der Waals surface area contributed by atoms with Gasteiger partial charge in [0.1, 0.15) is 5.75 Å². The van der Waals surface area contributed by atoms with Crippen LogP contribution in [0.4, 0.5) is 5.69 Å². The van der Waals surface area contributed by atoms with E-state index in [-0.39, 0.29) is 11.8 Å². The van der Waals surface area contributed by atoms with E-state index < -0.39 is 5.72 Å². The van der Waals surface area contributed by atoms with Gasteiger partial charge in [0.2, 0.25) is 5.91 Å². The largest absolute Gasteiger partial charge is 0.467 e. The van der Waals surface area contributed by atoms with Crippen molar-refractivity contribution in [3.63, 3.8) is 0 Å². The van der Waals surface area contributed by atoms with Crippen molar-refractivity contribution in [3.05, 3.63) is 59.7 Å². The Hall–Kier alpha value is -2.86. The van der Waals surface area contributed by atoms with E-state index >= 15 is 0 Å². The zero-order valence-corrected chi connectivity index (χ0v) is 15.3. The van der Waals surface area contributed by atoms with E-state index in [0.717, 1.165) is 38.2 Å². The fourth-order valence-electron chi connectivity index (χ4n) is 3.71. The number of rotatable bonds is 3. The predicted octanol–water partition coefficient (Wildman–Crippen LogP) is 2.76. The SMILES string of the molecule is CC(=O)Nc1ccc(CN2CCC3(CC2)NC(=O)c2ccccc2O3)cc1. The van der Waals surface area contributed by atoms with Gasteiger partial charge in [0, 0.05) is 45.1 Å². The van der Waals surface area contributed by atoms with E-state index in [0.29, 0.717) is 11.3 Å². The van der Waals surface area contributed by atoms with E-state index in [1.165, 1.54) is 12.5 Å². The molecule has 2 heterocycles. The first-order valence-electron chi connectivity index (χ1n) is 9.22. The molecule has 6 nitrogen and oxygen atoms in total. The lowest BCUT2D eigenvalue weighted by Gasteiger charge is -2.44. The van der Waals surface area contributed by atoms with Gasteiger partial charge in [-0.2, -0.15) is 0 Å².